The number of nitrogens with one attached hydrogen (secondary N) is 1. The Bertz CT molecular complexity index is 387. The van der Waals surface area contributed by atoms with Gasteiger partial charge in [0, 0.05) is 30.3 Å². The summed E-state index contributed by atoms with van der Waals surface area (Å²) in [6.45, 7) is 2.09. The molecule has 1 aromatic rings. The fraction of sp³-hybridized carbons (Fsp3) is 0.364. The Hall–Kier alpha value is -1.31. The molecule has 1 heterocycles. The fourth-order valence-corrected chi connectivity index (χ4v) is 1.72. The van der Waals surface area contributed by atoms with Crippen molar-refractivity contribution in [2.24, 2.45) is 0 Å². The molecule has 0 spiro atoms. The first-order valence-electron chi connectivity index (χ1n) is 4.64. The van der Waals surface area contributed by atoms with Gasteiger partial charge < -0.3 is 10.4 Å². The van der Waals surface area contributed by atoms with Crippen LogP contribution in [0.1, 0.15) is 23.8 Å². The Labute approximate surface area is 93.1 Å². The van der Waals surface area contributed by atoms with Crippen LogP contribution < -0.4 is 5.32 Å². The van der Waals surface area contributed by atoms with E-state index >= 15 is 0 Å². The molecular weight excluding hydrogens is 210 g/mol. The normalized spacial score (nSPS) is 9.20. The Morgan fingerprint density at radius 2 is 2.47 bits per heavy atom. The van der Waals surface area contributed by atoms with Crippen molar-refractivity contribution in [3.63, 3.8) is 0 Å². The number of aliphatic hydroxyl groups excluding tert-OH is 1. The molecule has 2 N–H and O–H groups in total. The van der Waals surface area contributed by atoms with E-state index in [0.717, 1.165) is 10.4 Å². The van der Waals surface area contributed by atoms with E-state index in [-0.39, 0.29) is 12.5 Å². The van der Waals surface area contributed by atoms with Crippen molar-refractivity contribution in [1.29, 1.82) is 0 Å². The summed E-state index contributed by atoms with van der Waals surface area (Å²) in [6.07, 6.45) is 0.625. The van der Waals surface area contributed by atoms with Gasteiger partial charge in [-0.15, -0.1) is 11.3 Å². The Balaban J connectivity index is 2.41. The summed E-state index contributed by atoms with van der Waals surface area (Å²) in [5.74, 6) is 5.88. The molecule has 0 radical (unpaired) electrons. The number of carbonyl (C=O) groups excluding carboxylic acids is 1. The molecule has 80 valence electrons. The van der Waals surface area contributed by atoms with E-state index < -0.39 is 0 Å². The summed E-state index contributed by atoms with van der Waals surface area (Å²) in [5.41, 5.74) is 0.880. The molecule has 0 aromatic carbocycles. The molecule has 0 saturated heterocycles. The van der Waals surface area contributed by atoms with E-state index in [9.17, 15) is 4.79 Å². The number of hydrogen-bond acceptors (Lipinski definition) is 3. The average molecular weight is 223 g/mol. The van der Waals surface area contributed by atoms with E-state index in [0.29, 0.717) is 13.0 Å². The van der Waals surface area contributed by atoms with E-state index in [2.05, 4.69) is 17.2 Å². The number of aliphatic hydroxyl groups is 1. The van der Waals surface area contributed by atoms with Crippen LogP contribution in [0, 0.1) is 11.8 Å². The lowest BCUT2D eigenvalue weighted by atomic mass is 10.2. The highest BCUT2D eigenvalue weighted by Crippen LogP contribution is 2.14. The third kappa shape index (κ3) is 4.15. The molecule has 0 atom stereocenters. The van der Waals surface area contributed by atoms with Gasteiger partial charge in [0.05, 0.1) is 6.61 Å². The highest BCUT2D eigenvalue weighted by molar-refractivity contribution is 7.10. The molecule has 0 aliphatic rings. The maximum atomic E-state index is 10.5. The van der Waals surface area contributed by atoms with Gasteiger partial charge in [0.2, 0.25) is 5.91 Å². The summed E-state index contributed by atoms with van der Waals surface area (Å²) in [4.78, 5) is 11.4. The first kappa shape index (κ1) is 11.8. The predicted octanol–water partition coefficient (Wildman–Crippen LogP) is 1.12. The van der Waals surface area contributed by atoms with Gasteiger partial charge in [-0.25, -0.2) is 0 Å². The molecule has 3 nitrogen and oxygen atoms in total. The molecule has 15 heavy (non-hydrogen) atoms. The fourth-order valence-electron chi connectivity index (χ4n) is 1.03. The van der Waals surface area contributed by atoms with Crippen LogP contribution in [-0.2, 0) is 11.4 Å². The van der Waals surface area contributed by atoms with Crippen LogP contribution in [0.25, 0.3) is 0 Å². The van der Waals surface area contributed by atoms with Crippen molar-refractivity contribution in [2.45, 2.75) is 20.0 Å². The van der Waals surface area contributed by atoms with Crippen LogP contribution in [-0.4, -0.2) is 17.6 Å². The Morgan fingerprint density at radius 3 is 3.13 bits per heavy atom. The topological polar surface area (TPSA) is 49.3 Å². The van der Waals surface area contributed by atoms with Crippen molar-refractivity contribution >= 4 is 17.2 Å². The molecule has 1 amide bonds. The van der Waals surface area contributed by atoms with E-state index in [4.69, 9.17) is 5.11 Å². The lowest BCUT2D eigenvalue weighted by molar-refractivity contribution is -0.118. The zero-order chi connectivity index (χ0) is 11.1. The third-order valence-corrected chi connectivity index (χ3v) is 2.64. The first-order valence-corrected chi connectivity index (χ1v) is 5.52. The molecule has 0 saturated carbocycles. The lowest BCUT2D eigenvalue weighted by Crippen LogP contribution is -2.20. The molecule has 1 aromatic heterocycles. The molecule has 0 fully saturated rings. The van der Waals surface area contributed by atoms with Crippen LogP contribution in [0.4, 0.5) is 0 Å². The standard InChI is InChI=1S/C11H13NO2S/c1-9(14)12-6-3-2-4-10-5-7-15-11(10)8-13/h5,7,13H,3,6,8H2,1H3,(H,12,14). The average Bonchev–Trinajstić information content (AvgIpc) is 2.64. The van der Waals surface area contributed by atoms with Crippen molar-refractivity contribution in [2.75, 3.05) is 6.54 Å². The molecule has 0 aliphatic carbocycles. The largest absolute Gasteiger partial charge is 0.391 e. The van der Waals surface area contributed by atoms with Crippen molar-refractivity contribution in [3.05, 3.63) is 21.9 Å². The summed E-state index contributed by atoms with van der Waals surface area (Å²) in [7, 11) is 0. The van der Waals surface area contributed by atoms with E-state index in [1.807, 2.05) is 11.4 Å². The number of rotatable bonds is 3. The van der Waals surface area contributed by atoms with Crippen molar-refractivity contribution in [3.8, 4) is 11.8 Å². The molecule has 0 unspecified atom stereocenters. The molecule has 4 heteroatoms. The van der Waals surface area contributed by atoms with Gasteiger partial charge in [0.15, 0.2) is 0 Å². The van der Waals surface area contributed by atoms with Gasteiger partial charge in [-0.05, 0) is 11.4 Å². The minimum absolute atomic E-state index is 0.0351. The first-order chi connectivity index (χ1) is 7.24. The molecule has 0 aliphatic heterocycles. The second-order valence-electron chi connectivity index (χ2n) is 2.95. The number of thiophene rings is 1. The van der Waals surface area contributed by atoms with E-state index in [1.165, 1.54) is 18.3 Å². The Kier molecular flexibility index (Phi) is 4.88. The monoisotopic (exact) mass is 223 g/mol. The second-order valence-corrected chi connectivity index (χ2v) is 3.95. The van der Waals surface area contributed by atoms with Crippen molar-refractivity contribution < 1.29 is 9.90 Å². The summed E-state index contributed by atoms with van der Waals surface area (Å²) in [6, 6.07) is 1.89. The lowest BCUT2D eigenvalue weighted by Gasteiger charge is -1.94. The summed E-state index contributed by atoms with van der Waals surface area (Å²) < 4.78 is 0. The van der Waals surface area contributed by atoms with Crippen LogP contribution in [0.3, 0.4) is 0 Å². The number of carbonyl (C=O) groups is 1. The highest BCUT2D eigenvalue weighted by atomic mass is 32.1. The minimum atomic E-state index is -0.0385. The maximum Gasteiger partial charge on any atom is 0.216 e. The van der Waals surface area contributed by atoms with Crippen molar-refractivity contribution in [1.82, 2.24) is 5.32 Å². The van der Waals surface area contributed by atoms with Gasteiger partial charge in [-0.1, -0.05) is 11.8 Å². The van der Waals surface area contributed by atoms with Gasteiger partial charge in [-0.2, -0.15) is 0 Å². The molecule has 1 rings (SSSR count). The van der Waals surface area contributed by atoms with Crippen LogP contribution in [0.5, 0.6) is 0 Å². The quantitative estimate of drug-likeness (QED) is 0.596. The summed E-state index contributed by atoms with van der Waals surface area (Å²) in [5, 5.41) is 13.5. The molecule has 0 bridgehead atoms. The van der Waals surface area contributed by atoms with Gasteiger partial charge in [0.25, 0.3) is 0 Å². The van der Waals surface area contributed by atoms with Gasteiger partial charge >= 0.3 is 0 Å². The minimum Gasteiger partial charge on any atom is -0.391 e. The number of hydrogen-bond donors (Lipinski definition) is 2. The van der Waals surface area contributed by atoms with Crippen LogP contribution >= 0.6 is 11.3 Å². The predicted molar refractivity (Wildman–Crippen MR) is 60.4 cm³/mol. The van der Waals surface area contributed by atoms with Crippen LogP contribution in [0.2, 0.25) is 0 Å². The van der Waals surface area contributed by atoms with Crippen LogP contribution in [0.15, 0.2) is 11.4 Å². The zero-order valence-corrected chi connectivity index (χ0v) is 9.36. The van der Waals surface area contributed by atoms with Gasteiger partial charge in [0.1, 0.15) is 0 Å². The SMILES string of the molecule is CC(=O)NCCC#Cc1ccsc1CO. The molecular formula is C11H13NO2S. The van der Waals surface area contributed by atoms with Gasteiger partial charge in [-0.3, -0.25) is 4.79 Å². The highest BCUT2D eigenvalue weighted by Gasteiger charge is 1.98. The zero-order valence-electron chi connectivity index (χ0n) is 8.54. The third-order valence-electron chi connectivity index (χ3n) is 1.74. The number of amides is 1. The second kappa shape index (κ2) is 6.23. The Morgan fingerprint density at radius 1 is 1.67 bits per heavy atom. The van der Waals surface area contributed by atoms with E-state index in [1.54, 1.807) is 0 Å². The maximum absolute atomic E-state index is 10.5. The summed E-state index contributed by atoms with van der Waals surface area (Å²) >= 11 is 1.50. The smallest absolute Gasteiger partial charge is 0.216 e.